The van der Waals surface area contributed by atoms with Gasteiger partial charge in [-0.15, -0.1) is 0 Å². The zero-order valence-electron chi connectivity index (χ0n) is 16.9. The van der Waals surface area contributed by atoms with Gasteiger partial charge in [-0.1, -0.05) is 0 Å². The highest BCUT2D eigenvalue weighted by Crippen LogP contribution is 2.29. The Morgan fingerprint density at radius 2 is 1.72 bits per heavy atom. The van der Waals surface area contributed by atoms with Gasteiger partial charge < -0.3 is 19.5 Å². The molecule has 0 saturated carbocycles. The van der Waals surface area contributed by atoms with Gasteiger partial charge >= 0.3 is 5.97 Å². The summed E-state index contributed by atoms with van der Waals surface area (Å²) >= 11 is 0. The summed E-state index contributed by atoms with van der Waals surface area (Å²) in [5, 5.41) is 20.1. The fourth-order valence-electron chi connectivity index (χ4n) is 3.78. The average molecular weight is 444 g/mol. The van der Waals surface area contributed by atoms with Crippen LogP contribution in [0, 0.1) is 21.7 Å². The Morgan fingerprint density at radius 1 is 1.06 bits per heavy atom. The van der Waals surface area contributed by atoms with E-state index >= 15 is 0 Å². The number of nitro groups is 1. The second-order valence-corrected chi connectivity index (χ2v) is 7.55. The minimum atomic E-state index is -1.56. The molecule has 32 heavy (non-hydrogen) atoms. The van der Waals surface area contributed by atoms with E-state index in [1.54, 1.807) is 4.90 Å². The zero-order chi connectivity index (χ0) is 23.2. The maximum absolute atomic E-state index is 15.0. The van der Waals surface area contributed by atoms with Crippen molar-refractivity contribution in [1.29, 1.82) is 0 Å². The van der Waals surface area contributed by atoms with E-state index < -0.39 is 39.2 Å². The van der Waals surface area contributed by atoms with Gasteiger partial charge in [0.25, 0.3) is 5.69 Å². The van der Waals surface area contributed by atoms with Crippen molar-refractivity contribution in [2.45, 2.75) is 0 Å². The molecule has 11 heteroatoms. The fraction of sp³-hybridized carbons (Fsp3) is 0.238. The second kappa shape index (κ2) is 8.00. The van der Waals surface area contributed by atoms with E-state index in [1.807, 2.05) is 7.05 Å². The lowest BCUT2D eigenvalue weighted by atomic mass is 10.1. The van der Waals surface area contributed by atoms with Crippen LogP contribution >= 0.6 is 0 Å². The highest BCUT2D eigenvalue weighted by Gasteiger charge is 2.23. The predicted molar refractivity (Wildman–Crippen MR) is 113 cm³/mol. The Balaban J connectivity index is 1.99. The largest absolute Gasteiger partial charge is 0.477 e. The number of piperazine rings is 1. The topological polar surface area (TPSA) is 109 Å². The molecule has 9 nitrogen and oxygen atoms in total. The van der Waals surface area contributed by atoms with Crippen molar-refractivity contribution in [1.82, 2.24) is 9.47 Å². The number of nitrogens with zero attached hydrogens (tertiary/aromatic N) is 4. The number of carboxylic acid groups (broad SMARTS) is 1. The molecule has 0 bridgehead atoms. The minimum Gasteiger partial charge on any atom is -0.477 e. The molecule has 4 rings (SSSR count). The molecule has 0 unspecified atom stereocenters. The molecular formula is C21H18F2N4O5. The van der Waals surface area contributed by atoms with Gasteiger partial charge in [0.05, 0.1) is 27.9 Å². The van der Waals surface area contributed by atoms with Crippen molar-refractivity contribution in [3.8, 4) is 5.69 Å². The number of carbonyl (C=O) groups is 1. The first-order valence-corrected chi connectivity index (χ1v) is 9.67. The van der Waals surface area contributed by atoms with Crippen molar-refractivity contribution in [3.05, 3.63) is 74.1 Å². The van der Waals surface area contributed by atoms with Crippen LogP contribution in [0.15, 0.2) is 41.3 Å². The molecule has 1 fully saturated rings. The van der Waals surface area contributed by atoms with Crippen molar-refractivity contribution in [2.75, 3.05) is 38.1 Å². The number of aromatic nitrogens is 1. The number of hydrogen-bond donors (Lipinski definition) is 1. The van der Waals surface area contributed by atoms with E-state index in [0.29, 0.717) is 32.2 Å². The molecule has 2 heterocycles. The summed E-state index contributed by atoms with van der Waals surface area (Å²) in [5.74, 6) is -3.25. The highest BCUT2D eigenvalue weighted by molar-refractivity contribution is 5.94. The third kappa shape index (κ3) is 3.66. The van der Waals surface area contributed by atoms with Crippen LogP contribution in [-0.4, -0.2) is 58.7 Å². The van der Waals surface area contributed by atoms with Gasteiger partial charge in [-0.2, -0.15) is 0 Å². The number of hydrogen-bond acceptors (Lipinski definition) is 6. The number of nitro benzene ring substituents is 1. The molecule has 1 aliphatic heterocycles. The van der Waals surface area contributed by atoms with Crippen LogP contribution in [0.3, 0.4) is 0 Å². The van der Waals surface area contributed by atoms with Crippen LogP contribution < -0.4 is 10.3 Å². The minimum absolute atomic E-state index is 0.0862. The maximum atomic E-state index is 15.0. The third-order valence-electron chi connectivity index (χ3n) is 5.55. The molecule has 0 atom stereocenters. The summed E-state index contributed by atoms with van der Waals surface area (Å²) in [6, 6.07) is 5.21. The van der Waals surface area contributed by atoms with E-state index in [-0.39, 0.29) is 22.3 Å². The lowest BCUT2D eigenvalue weighted by Crippen LogP contribution is -2.44. The van der Waals surface area contributed by atoms with E-state index in [1.165, 1.54) is 6.07 Å². The molecule has 166 valence electrons. The van der Waals surface area contributed by atoms with Gasteiger partial charge in [0.1, 0.15) is 11.4 Å². The van der Waals surface area contributed by atoms with Gasteiger partial charge in [-0.25, -0.2) is 13.6 Å². The lowest BCUT2D eigenvalue weighted by molar-refractivity contribution is -0.385. The molecule has 1 aromatic heterocycles. The number of pyridine rings is 1. The van der Waals surface area contributed by atoms with Gasteiger partial charge in [-0.05, 0) is 25.2 Å². The molecule has 3 aromatic rings. The number of rotatable bonds is 4. The quantitative estimate of drug-likeness (QED) is 0.487. The summed E-state index contributed by atoms with van der Waals surface area (Å²) in [6.45, 7) is 2.45. The first-order chi connectivity index (χ1) is 15.2. The van der Waals surface area contributed by atoms with Gasteiger partial charge in [0, 0.05) is 43.8 Å². The molecule has 1 aliphatic rings. The molecule has 1 saturated heterocycles. The molecule has 2 aromatic carbocycles. The summed E-state index contributed by atoms with van der Waals surface area (Å²) in [4.78, 5) is 38.4. The summed E-state index contributed by atoms with van der Waals surface area (Å²) in [5.41, 5.74) is -2.00. The number of anilines is 1. The van der Waals surface area contributed by atoms with Gasteiger partial charge in [0.2, 0.25) is 5.43 Å². The van der Waals surface area contributed by atoms with Crippen LogP contribution in [0.2, 0.25) is 0 Å². The lowest BCUT2D eigenvalue weighted by Gasteiger charge is -2.34. The molecule has 0 aliphatic carbocycles. The van der Waals surface area contributed by atoms with E-state index in [9.17, 15) is 33.6 Å². The Labute approximate surface area is 179 Å². The molecular weight excluding hydrogens is 426 g/mol. The highest BCUT2D eigenvalue weighted by atomic mass is 19.1. The molecule has 0 amide bonds. The monoisotopic (exact) mass is 444 g/mol. The summed E-state index contributed by atoms with van der Waals surface area (Å²) < 4.78 is 30.9. The maximum Gasteiger partial charge on any atom is 0.341 e. The second-order valence-electron chi connectivity index (χ2n) is 7.55. The normalized spacial score (nSPS) is 14.7. The standard InChI is InChI=1S/C21H18F2N4O5/c1-24-4-6-25(7-5-24)19-10-18-13(9-16(19)23)20(28)14(21(29)30)11-26(18)17-3-2-12(27(31)32)8-15(17)22/h2-3,8-11H,4-7H2,1H3,(H,29,30). The Morgan fingerprint density at radius 3 is 2.31 bits per heavy atom. The van der Waals surface area contributed by atoms with Gasteiger partial charge in [-0.3, -0.25) is 14.9 Å². The fourth-order valence-corrected chi connectivity index (χ4v) is 3.78. The number of fused-ring (bicyclic) bond motifs is 1. The Kier molecular flexibility index (Phi) is 5.35. The van der Waals surface area contributed by atoms with Crippen molar-refractivity contribution >= 4 is 28.2 Å². The SMILES string of the molecule is CN1CCN(c2cc3c(cc2F)c(=O)c(C(=O)O)cn3-c2ccc([N+](=O)[O-])cc2F)CC1. The van der Waals surface area contributed by atoms with E-state index in [4.69, 9.17) is 0 Å². The molecule has 0 radical (unpaired) electrons. The van der Waals surface area contributed by atoms with E-state index in [2.05, 4.69) is 4.90 Å². The van der Waals surface area contributed by atoms with Crippen LogP contribution in [0.5, 0.6) is 0 Å². The number of non-ortho nitro benzene ring substituents is 1. The van der Waals surface area contributed by atoms with E-state index in [0.717, 1.165) is 29.0 Å². The van der Waals surface area contributed by atoms with Crippen molar-refractivity contribution in [2.24, 2.45) is 0 Å². The first kappa shape index (κ1) is 21.4. The van der Waals surface area contributed by atoms with Crippen LogP contribution in [0.25, 0.3) is 16.6 Å². The average Bonchev–Trinajstić information content (AvgIpc) is 2.74. The number of carboxylic acids is 1. The molecule has 0 spiro atoms. The van der Waals surface area contributed by atoms with Crippen LogP contribution in [-0.2, 0) is 0 Å². The van der Waals surface area contributed by atoms with Crippen LogP contribution in [0.1, 0.15) is 10.4 Å². The Bertz CT molecular complexity index is 1320. The zero-order valence-corrected chi connectivity index (χ0v) is 16.9. The summed E-state index contributed by atoms with van der Waals surface area (Å²) in [7, 11) is 1.94. The Hall–Kier alpha value is -3.86. The number of aromatic carboxylic acids is 1. The predicted octanol–water partition coefficient (Wildman–Crippen LogP) is 2.63. The number of halogens is 2. The summed E-state index contributed by atoms with van der Waals surface area (Å²) in [6.07, 6.45) is 0.947. The smallest absolute Gasteiger partial charge is 0.341 e. The van der Waals surface area contributed by atoms with Crippen molar-refractivity contribution in [3.63, 3.8) is 0 Å². The van der Waals surface area contributed by atoms with Gasteiger partial charge in [0.15, 0.2) is 5.82 Å². The number of likely N-dealkylation sites (N-methyl/N-ethyl adjacent to an activating group) is 1. The number of benzene rings is 2. The van der Waals surface area contributed by atoms with Crippen LogP contribution in [0.4, 0.5) is 20.2 Å². The third-order valence-corrected chi connectivity index (χ3v) is 5.55. The first-order valence-electron chi connectivity index (χ1n) is 9.67. The molecule has 1 N–H and O–H groups in total. The van der Waals surface area contributed by atoms with Crippen molar-refractivity contribution < 1.29 is 23.6 Å².